The summed E-state index contributed by atoms with van der Waals surface area (Å²) in [5.41, 5.74) is 6.81. The highest BCUT2D eigenvalue weighted by atomic mass is 35.5. The molecule has 0 fully saturated rings. The van der Waals surface area contributed by atoms with Gasteiger partial charge in [-0.3, -0.25) is 4.98 Å². The minimum atomic E-state index is -0.988. The van der Waals surface area contributed by atoms with Crippen LogP contribution in [0.25, 0.3) is 10.9 Å². The number of fused-ring (bicyclic) bond motifs is 1. The first-order valence-corrected chi connectivity index (χ1v) is 5.53. The second kappa shape index (κ2) is 4.69. The molecule has 0 radical (unpaired) electrons. The summed E-state index contributed by atoms with van der Waals surface area (Å²) in [6.07, 6.45) is 0.529. The molecule has 3 N–H and O–H groups in total. The van der Waals surface area contributed by atoms with E-state index in [-0.39, 0.29) is 5.56 Å². The lowest BCUT2D eigenvalue weighted by atomic mass is 10.1. The van der Waals surface area contributed by atoms with Crippen molar-refractivity contribution in [3.63, 3.8) is 0 Å². The summed E-state index contributed by atoms with van der Waals surface area (Å²) in [6.45, 7) is 0.419. The first-order chi connectivity index (χ1) is 8.13. The van der Waals surface area contributed by atoms with Crippen LogP contribution in [0, 0.1) is 0 Å². The average Bonchev–Trinajstić information content (AvgIpc) is 2.29. The zero-order chi connectivity index (χ0) is 12.4. The van der Waals surface area contributed by atoms with Crippen molar-refractivity contribution < 1.29 is 9.90 Å². The first-order valence-electron chi connectivity index (χ1n) is 5.15. The van der Waals surface area contributed by atoms with E-state index in [1.807, 2.05) is 0 Å². The summed E-state index contributed by atoms with van der Waals surface area (Å²) >= 11 is 6.02. The lowest BCUT2D eigenvalue weighted by Crippen LogP contribution is -2.07. The number of pyridine rings is 1. The molecule has 0 atom stereocenters. The Labute approximate surface area is 103 Å². The van der Waals surface area contributed by atoms with Crippen LogP contribution in [0.3, 0.4) is 0 Å². The SMILES string of the molecule is NCCc1cc(C(=O)O)c2cccc(Cl)c2n1. The Hall–Kier alpha value is -1.65. The molecular formula is C12H11ClN2O2. The molecule has 0 aliphatic carbocycles. The smallest absolute Gasteiger partial charge is 0.336 e. The first kappa shape index (κ1) is 11.8. The Balaban J connectivity index is 2.76. The van der Waals surface area contributed by atoms with E-state index in [4.69, 9.17) is 22.4 Å². The van der Waals surface area contributed by atoms with Crippen molar-refractivity contribution in [2.24, 2.45) is 5.73 Å². The van der Waals surface area contributed by atoms with Crippen LogP contribution in [0.4, 0.5) is 0 Å². The molecule has 1 aromatic heterocycles. The summed E-state index contributed by atoms with van der Waals surface area (Å²) < 4.78 is 0. The molecule has 17 heavy (non-hydrogen) atoms. The van der Waals surface area contributed by atoms with Gasteiger partial charge in [0.05, 0.1) is 16.1 Å². The normalized spacial score (nSPS) is 10.7. The van der Waals surface area contributed by atoms with Crippen LogP contribution in [-0.4, -0.2) is 22.6 Å². The van der Waals surface area contributed by atoms with Crippen molar-refractivity contribution in [2.45, 2.75) is 6.42 Å². The molecule has 0 aliphatic heterocycles. The molecule has 2 aromatic rings. The van der Waals surface area contributed by atoms with E-state index in [9.17, 15) is 4.79 Å². The monoisotopic (exact) mass is 250 g/mol. The summed E-state index contributed by atoms with van der Waals surface area (Å²) in [7, 11) is 0. The molecule has 88 valence electrons. The molecule has 2 rings (SSSR count). The number of hydrogen-bond acceptors (Lipinski definition) is 3. The third-order valence-electron chi connectivity index (χ3n) is 2.47. The molecule has 4 nitrogen and oxygen atoms in total. The van der Waals surface area contributed by atoms with E-state index in [1.165, 1.54) is 0 Å². The van der Waals surface area contributed by atoms with E-state index in [2.05, 4.69) is 4.98 Å². The predicted octanol–water partition coefficient (Wildman–Crippen LogP) is 2.09. The largest absolute Gasteiger partial charge is 0.478 e. The van der Waals surface area contributed by atoms with E-state index in [0.29, 0.717) is 34.6 Å². The van der Waals surface area contributed by atoms with Crippen molar-refractivity contribution in [1.29, 1.82) is 0 Å². The van der Waals surface area contributed by atoms with E-state index in [0.717, 1.165) is 0 Å². The number of hydrogen-bond donors (Lipinski definition) is 2. The van der Waals surface area contributed by atoms with Gasteiger partial charge in [0, 0.05) is 17.5 Å². The number of benzene rings is 1. The van der Waals surface area contributed by atoms with Crippen molar-refractivity contribution in [1.82, 2.24) is 4.98 Å². The maximum Gasteiger partial charge on any atom is 0.336 e. The minimum absolute atomic E-state index is 0.209. The molecule has 5 heteroatoms. The molecule has 1 heterocycles. The lowest BCUT2D eigenvalue weighted by molar-refractivity contribution is 0.0699. The van der Waals surface area contributed by atoms with Gasteiger partial charge in [-0.05, 0) is 18.7 Å². The number of halogens is 1. The van der Waals surface area contributed by atoms with Crippen molar-refractivity contribution in [2.75, 3.05) is 6.54 Å². The van der Waals surface area contributed by atoms with Crippen LogP contribution >= 0.6 is 11.6 Å². The molecular weight excluding hydrogens is 240 g/mol. The van der Waals surface area contributed by atoms with E-state index in [1.54, 1.807) is 24.3 Å². The summed E-state index contributed by atoms with van der Waals surface area (Å²) in [4.78, 5) is 15.5. The predicted molar refractivity (Wildman–Crippen MR) is 66.5 cm³/mol. The van der Waals surface area contributed by atoms with E-state index >= 15 is 0 Å². The highest BCUT2D eigenvalue weighted by Crippen LogP contribution is 2.25. The number of nitrogens with two attached hydrogens (primary N) is 1. The van der Waals surface area contributed by atoms with Gasteiger partial charge in [-0.2, -0.15) is 0 Å². The van der Waals surface area contributed by atoms with E-state index < -0.39 is 5.97 Å². The fourth-order valence-corrected chi connectivity index (χ4v) is 1.94. The third-order valence-corrected chi connectivity index (χ3v) is 2.78. The number of rotatable bonds is 3. The number of para-hydroxylation sites is 1. The van der Waals surface area contributed by atoms with Gasteiger partial charge in [-0.15, -0.1) is 0 Å². The molecule has 0 saturated heterocycles. The van der Waals surface area contributed by atoms with Crippen LogP contribution in [-0.2, 0) is 6.42 Å². The van der Waals surface area contributed by atoms with Crippen LogP contribution in [0.1, 0.15) is 16.1 Å². The second-order valence-corrected chi connectivity index (χ2v) is 4.05. The number of aromatic nitrogens is 1. The van der Waals surface area contributed by atoms with Crippen LogP contribution in [0.2, 0.25) is 5.02 Å². The molecule has 0 saturated carbocycles. The summed E-state index contributed by atoms with van der Waals surface area (Å²) in [6, 6.07) is 6.65. The fraction of sp³-hybridized carbons (Fsp3) is 0.167. The maximum atomic E-state index is 11.2. The van der Waals surface area contributed by atoms with Crippen LogP contribution < -0.4 is 5.73 Å². The Bertz CT molecular complexity index is 584. The molecule has 0 spiro atoms. The van der Waals surface area contributed by atoms with Crippen molar-refractivity contribution >= 4 is 28.5 Å². The summed E-state index contributed by atoms with van der Waals surface area (Å²) in [5, 5.41) is 10.2. The average molecular weight is 251 g/mol. The Kier molecular flexibility index (Phi) is 3.26. The van der Waals surface area contributed by atoms with Gasteiger partial charge in [0.25, 0.3) is 0 Å². The van der Waals surface area contributed by atoms with Gasteiger partial charge in [0.15, 0.2) is 0 Å². The summed E-state index contributed by atoms with van der Waals surface area (Å²) in [5.74, 6) is -0.988. The lowest BCUT2D eigenvalue weighted by Gasteiger charge is -2.07. The minimum Gasteiger partial charge on any atom is -0.478 e. The van der Waals surface area contributed by atoms with Crippen LogP contribution in [0.15, 0.2) is 24.3 Å². The van der Waals surface area contributed by atoms with Crippen LogP contribution in [0.5, 0.6) is 0 Å². The second-order valence-electron chi connectivity index (χ2n) is 3.64. The molecule has 0 aliphatic rings. The number of carboxylic acids is 1. The Morgan fingerprint density at radius 2 is 2.24 bits per heavy atom. The molecule has 0 bridgehead atoms. The third kappa shape index (κ3) is 2.23. The fourth-order valence-electron chi connectivity index (χ4n) is 1.72. The Morgan fingerprint density at radius 3 is 2.88 bits per heavy atom. The van der Waals surface area contributed by atoms with Gasteiger partial charge in [-0.1, -0.05) is 23.7 Å². The zero-order valence-corrected chi connectivity index (χ0v) is 9.74. The van der Waals surface area contributed by atoms with Gasteiger partial charge >= 0.3 is 5.97 Å². The number of aromatic carboxylic acids is 1. The maximum absolute atomic E-state index is 11.2. The highest BCUT2D eigenvalue weighted by Gasteiger charge is 2.13. The van der Waals surface area contributed by atoms with Gasteiger partial charge in [0.2, 0.25) is 0 Å². The topological polar surface area (TPSA) is 76.2 Å². The van der Waals surface area contributed by atoms with Crippen molar-refractivity contribution in [3.8, 4) is 0 Å². The molecule has 0 amide bonds. The molecule has 0 unspecified atom stereocenters. The quantitative estimate of drug-likeness (QED) is 0.875. The number of carboxylic acid groups (broad SMARTS) is 1. The Morgan fingerprint density at radius 1 is 1.47 bits per heavy atom. The standard InChI is InChI=1S/C12H11ClN2O2/c13-10-3-1-2-8-9(12(16)17)6-7(4-5-14)15-11(8)10/h1-3,6H,4-5,14H2,(H,16,17). The van der Waals surface area contributed by atoms with Crippen molar-refractivity contribution in [3.05, 3.63) is 40.5 Å². The van der Waals surface area contributed by atoms with Gasteiger partial charge in [-0.25, -0.2) is 4.79 Å². The van der Waals surface area contributed by atoms with Gasteiger partial charge < -0.3 is 10.8 Å². The molecule has 1 aromatic carbocycles. The zero-order valence-electron chi connectivity index (χ0n) is 8.98. The van der Waals surface area contributed by atoms with Gasteiger partial charge in [0.1, 0.15) is 0 Å². The highest BCUT2D eigenvalue weighted by molar-refractivity contribution is 6.35. The number of nitrogens with zero attached hydrogens (tertiary/aromatic N) is 1. The number of carbonyl (C=O) groups is 1.